The van der Waals surface area contributed by atoms with E-state index >= 15 is 0 Å². The first-order valence-corrected chi connectivity index (χ1v) is 9.07. The van der Waals surface area contributed by atoms with E-state index in [2.05, 4.69) is 10.6 Å². The minimum atomic E-state index is -1.72. The number of aliphatic carboxylic acids is 3. The first-order chi connectivity index (χ1) is 13.7. The molecule has 13 heteroatoms. The summed E-state index contributed by atoms with van der Waals surface area (Å²) in [5, 5.41) is 32.9. The Bertz CT molecular complexity index is 680. The van der Waals surface area contributed by atoms with Crippen LogP contribution in [-0.4, -0.2) is 75.1 Å². The van der Waals surface area contributed by atoms with Crippen molar-refractivity contribution in [1.29, 1.82) is 0 Å². The number of carbonyl (C=O) groups excluding carboxylic acids is 3. The van der Waals surface area contributed by atoms with Gasteiger partial charge in [0.15, 0.2) is 0 Å². The van der Waals surface area contributed by atoms with Crippen LogP contribution in [0.25, 0.3) is 0 Å². The van der Waals surface area contributed by atoms with E-state index in [9.17, 15) is 28.8 Å². The fourth-order valence-electron chi connectivity index (χ4n) is 2.33. The molecule has 0 rings (SSSR count). The zero-order valence-corrected chi connectivity index (χ0v) is 16.9. The molecule has 0 aliphatic carbocycles. The Kier molecular flexibility index (Phi) is 11.0. The van der Waals surface area contributed by atoms with Crippen LogP contribution in [0.3, 0.4) is 0 Å². The third kappa shape index (κ3) is 10.4. The number of carboxylic acid groups (broad SMARTS) is 3. The Morgan fingerprint density at radius 1 is 0.733 bits per heavy atom. The molecule has 0 unspecified atom stereocenters. The molecule has 0 aromatic rings. The van der Waals surface area contributed by atoms with Crippen molar-refractivity contribution in [3.05, 3.63) is 0 Å². The van der Waals surface area contributed by atoms with E-state index in [0.717, 1.165) is 0 Å². The standard InChI is InChI=1S/C17H28N4O9/c1-7(2)4-9(18)15(27)20-10(5-12(22)23)16(28)19-8(3)14(26)21-11(17(29)30)6-13(24)25/h7-11H,4-6,18H2,1-3H3,(H,19,28)(H,20,27)(H,21,26)(H,22,23)(H,24,25)(H,29,30)/t8-,9-,10-,11-/m0/s1. The molecule has 0 bridgehead atoms. The van der Waals surface area contributed by atoms with E-state index in [4.69, 9.17) is 21.1 Å². The Morgan fingerprint density at radius 2 is 1.20 bits per heavy atom. The molecule has 4 atom stereocenters. The highest BCUT2D eigenvalue weighted by molar-refractivity contribution is 5.95. The van der Waals surface area contributed by atoms with Gasteiger partial charge in [0.1, 0.15) is 18.1 Å². The van der Waals surface area contributed by atoms with E-state index in [1.807, 2.05) is 19.2 Å². The third-order valence-corrected chi connectivity index (χ3v) is 3.82. The Morgan fingerprint density at radius 3 is 1.63 bits per heavy atom. The van der Waals surface area contributed by atoms with Crippen LogP contribution in [0.5, 0.6) is 0 Å². The van der Waals surface area contributed by atoms with Crippen LogP contribution in [0.2, 0.25) is 0 Å². The number of hydrogen-bond acceptors (Lipinski definition) is 7. The summed E-state index contributed by atoms with van der Waals surface area (Å²) in [6.07, 6.45) is -1.36. The number of carboxylic acids is 3. The average molecular weight is 432 g/mol. The second kappa shape index (κ2) is 12.4. The molecule has 0 spiro atoms. The fourth-order valence-corrected chi connectivity index (χ4v) is 2.33. The van der Waals surface area contributed by atoms with Gasteiger partial charge < -0.3 is 37.0 Å². The molecule has 3 amide bonds. The van der Waals surface area contributed by atoms with Crippen molar-refractivity contribution in [1.82, 2.24) is 16.0 Å². The van der Waals surface area contributed by atoms with Crippen LogP contribution >= 0.6 is 0 Å². The zero-order chi connectivity index (χ0) is 23.6. The molecular formula is C17H28N4O9. The highest BCUT2D eigenvalue weighted by Gasteiger charge is 2.30. The van der Waals surface area contributed by atoms with Crippen molar-refractivity contribution in [2.24, 2.45) is 11.7 Å². The number of rotatable bonds is 13. The van der Waals surface area contributed by atoms with E-state index in [0.29, 0.717) is 6.42 Å². The molecule has 0 radical (unpaired) electrons. The van der Waals surface area contributed by atoms with Gasteiger partial charge in [-0.3, -0.25) is 24.0 Å². The minimum Gasteiger partial charge on any atom is -0.481 e. The van der Waals surface area contributed by atoms with Gasteiger partial charge in [0.05, 0.1) is 18.9 Å². The molecule has 30 heavy (non-hydrogen) atoms. The summed E-state index contributed by atoms with van der Waals surface area (Å²) in [4.78, 5) is 69.2. The topological polar surface area (TPSA) is 225 Å². The van der Waals surface area contributed by atoms with Gasteiger partial charge in [0.2, 0.25) is 17.7 Å². The van der Waals surface area contributed by atoms with Crippen molar-refractivity contribution < 1.29 is 44.1 Å². The molecule has 0 aromatic heterocycles. The largest absolute Gasteiger partial charge is 0.481 e. The van der Waals surface area contributed by atoms with E-state index < -0.39 is 72.6 Å². The second-order valence-corrected chi connectivity index (χ2v) is 7.12. The van der Waals surface area contributed by atoms with Gasteiger partial charge in [0.25, 0.3) is 0 Å². The van der Waals surface area contributed by atoms with Crippen LogP contribution in [0, 0.1) is 5.92 Å². The van der Waals surface area contributed by atoms with Crippen LogP contribution in [0.15, 0.2) is 0 Å². The van der Waals surface area contributed by atoms with E-state index in [1.165, 1.54) is 6.92 Å². The van der Waals surface area contributed by atoms with Crippen molar-refractivity contribution in [2.45, 2.75) is 64.2 Å². The summed E-state index contributed by atoms with van der Waals surface area (Å²) in [6.45, 7) is 4.82. The lowest BCUT2D eigenvalue weighted by molar-refractivity contribution is -0.147. The lowest BCUT2D eigenvalue weighted by Crippen LogP contribution is -2.57. The van der Waals surface area contributed by atoms with Gasteiger partial charge in [-0.05, 0) is 19.3 Å². The highest BCUT2D eigenvalue weighted by Crippen LogP contribution is 2.04. The van der Waals surface area contributed by atoms with Gasteiger partial charge in [-0.25, -0.2) is 4.79 Å². The Hall–Kier alpha value is -3.22. The van der Waals surface area contributed by atoms with Gasteiger partial charge in [0, 0.05) is 0 Å². The Balaban J connectivity index is 5.10. The maximum atomic E-state index is 12.4. The predicted molar refractivity (Wildman–Crippen MR) is 101 cm³/mol. The van der Waals surface area contributed by atoms with Crippen molar-refractivity contribution in [2.75, 3.05) is 0 Å². The van der Waals surface area contributed by atoms with Crippen molar-refractivity contribution in [3.63, 3.8) is 0 Å². The van der Waals surface area contributed by atoms with E-state index in [-0.39, 0.29) is 5.92 Å². The molecule has 170 valence electrons. The third-order valence-electron chi connectivity index (χ3n) is 3.82. The fraction of sp³-hybridized carbons (Fsp3) is 0.647. The molecule has 0 aromatic carbocycles. The quantitative estimate of drug-likeness (QED) is 0.167. The van der Waals surface area contributed by atoms with Crippen molar-refractivity contribution >= 4 is 35.6 Å². The number of nitrogens with two attached hydrogens (primary N) is 1. The molecule has 8 N–H and O–H groups in total. The van der Waals surface area contributed by atoms with Crippen LogP contribution in [0.1, 0.15) is 40.0 Å². The SMILES string of the molecule is CC(C)C[C@H](N)C(=O)N[C@@H](CC(=O)O)C(=O)N[C@@H](C)C(=O)N[C@@H](CC(=O)O)C(=O)O. The normalized spacial score (nSPS) is 14.7. The van der Waals surface area contributed by atoms with Gasteiger partial charge in [-0.1, -0.05) is 13.8 Å². The van der Waals surface area contributed by atoms with Crippen LogP contribution in [-0.2, 0) is 28.8 Å². The molecule has 0 saturated carbocycles. The molecular weight excluding hydrogens is 404 g/mol. The maximum Gasteiger partial charge on any atom is 0.326 e. The smallest absolute Gasteiger partial charge is 0.326 e. The summed E-state index contributed by atoms with van der Waals surface area (Å²) in [5.41, 5.74) is 5.71. The first-order valence-electron chi connectivity index (χ1n) is 9.07. The van der Waals surface area contributed by atoms with Crippen LogP contribution < -0.4 is 21.7 Å². The molecule has 0 saturated heterocycles. The lowest BCUT2D eigenvalue weighted by atomic mass is 10.0. The minimum absolute atomic E-state index is 0.0780. The molecule has 0 fully saturated rings. The molecule has 0 aliphatic rings. The molecule has 13 nitrogen and oxygen atoms in total. The van der Waals surface area contributed by atoms with Crippen molar-refractivity contribution in [3.8, 4) is 0 Å². The summed E-state index contributed by atoms with van der Waals surface area (Å²) >= 11 is 0. The number of carbonyl (C=O) groups is 6. The Labute approximate surface area is 172 Å². The summed E-state index contributed by atoms with van der Waals surface area (Å²) in [5.74, 6) is -7.11. The average Bonchev–Trinajstić information content (AvgIpc) is 2.58. The monoisotopic (exact) mass is 432 g/mol. The first kappa shape index (κ1) is 26.8. The maximum absolute atomic E-state index is 12.4. The van der Waals surface area contributed by atoms with Crippen LogP contribution in [0.4, 0.5) is 0 Å². The number of amides is 3. The lowest BCUT2D eigenvalue weighted by Gasteiger charge is -2.23. The predicted octanol–water partition coefficient (Wildman–Crippen LogP) is -2.13. The highest BCUT2D eigenvalue weighted by atomic mass is 16.4. The number of hydrogen-bond donors (Lipinski definition) is 7. The molecule has 0 heterocycles. The van der Waals surface area contributed by atoms with E-state index in [1.54, 1.807) is 0 Å². The van der Waals surface area contributed by atoms with Gasteiger partial charge >= 0.3 is 17.9 Å². The second-order valence-electron chi connectivity index (χ2n) is 7.12. The zero-order valence-electron chi connectivity index (χ0n) is 16.9. The van der Waals surface area contributed by atoms with Gasteiger partial charge in [-0.15, -0.1) is 0 Å². The number of nitrogens with one attached hydrogen (secondary N) is 3. The summed E-state index contributed by atoms with van der Waals surface area (Å²) in [6, 6.07) is -5.57. The van der Waals surface area contributed by atoms with Gasteiger partial charge in [-0.2, -0.15) is 0 Å². The summed E-state index contributed by atoms with van der Waals surface area (Å²) in [7, 11) is 0. The molecule has 0 aliphatic heterocycles. The summed E-state index contributed by atoms with van der Waals surface area (Å²) < 4.78 is 0.